The van der Waals surface area contributed by atoms with E-state index in [1.807, 2.05) is 60.7 Å². The summed E-state index contributed by atoms with van der Waals surface area (Å²) in [6, 6.07) is 26.9. The van der Waals surface area contributed by atoms with E-state index in [0.717, 1.165) is 11.1 Å². The van der Waals surface area contributed by atoms with Gasteiger partial charge in [0.1, 0.15) is 11.5 Å². The van der Waals surface area contributed by atoms with E-state index in [0.29, 0.717) is 47.7 Å². The van der Waals surface area contributed by atoms with E-state index in [2.05, 4.69) is 0 Å². The average Bonchev–Trinajstić information content (AvgIpc) is 3.57. The van der Waals surface area contributed by atoms with E-state index in [-0.39, 0.29) is 12.2 Å². The van der Waals surface area contributed by atoms with Crippen LogP contribution in [0.2, 0.25) is 10.0 Å². The summed E-state index contributed by atoms with van der Waals surface area (Å²) in [6.07, 6.45) is 1.68. The molecule has 0 saturated carbocycles. The predicted octanol–water partition coefficient (Wildman–Crippen LogP) is 6.50. The Balaban J connectivity index is 1.55. The summed E-state index contributed by atoms with van der Waals surface area (Å²) in [6.45, 7) is 1.94. The van der Waals surface area contributed by atoms with Crippen LogP contribution in [0.15, 0.2) is 111 Å². The number of halogens is 2. The summed E-state index contributed by atoms with van der Waals surface area (Å²) in [4.78, 5) is 32.8. The fourth-order valence-corrected chi connectivity index (χ4v) is 6.27. The van der Waals surface area contributed by atoms with Gasteiger partial charge in [-0.2, -0.15) is 0 Å². The van der Waals surface area contributed by atoms with Crippen molar-refractivity contribution in [1.82, 2.24) is 4.57 Å². The van der Waals surface area contributed by atoms with Crippen molar-refractivity contribution in [1.29, 1.82) is 0 Å². The Morgan fingerprint density at radius 1 is 1.02 bits per heavy atom. The molecule has 1 aliphatic rings. The summed E-state index contributed by atoms with van der Waals surface area (Å²) >= 11 is 13.6. The van der Waals surface area contributed by atoms with Crippen molar-refractivity contribution in [3.63, 3.8) is 0 Å². The molecule has 1 aliphatic heterocycles. The Morgan fingerprint density at radius 2 is 1.76 bits per heavy atom. The number of nitrogens with zero attached hydrogens (tertiary/aromatic N) is 2. The van der Waals surface area contributed by atoms with Crippen LogP contribution in [-0.2, 0) is 9.53 Å². The number of aromatic nitrogens is 1. The molecule has 6 nitrogen and oxygen atoms in total. The number of carbonyl (C=O) groups excluding carboxylic acids is 1. The maximum Gasteiger partial charge on any atom is 0.338 e. The van der Waals surface area contributed by atoms with Crippen LogP contribution in [0.25, 0.3) is 23.1 Å². The van der Waals surface area contributed by atoms with Crippen molar-refractivity contribution in [2.24, 2.45) is 4.99 Å². The van der Waals surface area contributed by atoms with Gasteiger partial charge in [0, 0.05) is 22.2 Å². The van der Waals surface area contributed by atoms with Crippen LogP contribution < -0.4 is 14.9 Å². The first-order valence-corrected chi connectivity index (χ1v) is 14.4. The molecule has 0 aliphatic carbocycles. The normalized spacial score (nSPS) is 15.0. The highest BCUT2D eigenvalue weighted by Gasteiger charge is 2.35. The number of hydrogen-bond acceptors (Lipinski definition) is 6. The summed E-state index contributed by atoms with van der Waals surface area (Å²) < 4.78 is 13.5. The van der Waals surface area contributed by atoms with Crippen LogP contribution in [-0.4, -0.2) is 17.1 Å². The number of hydrogen-bond donors (Lipinski definition) is 0. The van der Waals surface area contributed by atoms with Crippen LogP contribution in [0.5, 0.6) is 0 Å². The molecule has 3 aromatic carbocycles. The van der Waals surface area contributed by atoms with Crippen molar-refractivity contribution in [3.05, 3.63) is 143 Å². The molecule has 6 rings (SSSR count). The van der Waals surface area contributed by atoms with Crippen molar-refractivity contribution >= 4 is 52.3 Å². The van der Waals surface area contributed by atoms with Gasteiger partial charge in [-0.1, -0.05) is 95.2 Å². The van der Waals surface area contributed by atoms with Crippen molar-refractivity contribution < 1.29 is 13.9 Å². The second-order valence-electron chi connectivity index (χ2n) is 9.17. The molecular formula is C32H22Cl2N2O4S. The lowest BCUT2D eigenvalue weighted by Crippen LogP contribution is -2.39. The number of ether oxygens (including phenoxy) is 1. The maximum absolute atomic E-state index is 14.0. The zero-order valence-corrected chi connectivity index (χ0v) is 24.0. The lowest BCUT2D eigenvalue weighted by Gasteiger charge is -2.25. The number of thiazole rings is 1. The van der Waals surface area contributed by atoms with Crippen LogP contribution in [0, 0.1) is 0 Å². The zero-order chi connectivity index (χ0) is 28.5. The third-order valence-electron chi connectivity index (χ3n) is 6.59. The van der Waals surface area contributed by atoms with E-state index in [9.17, 15) is 9.59 Å². The first kappa shape index (κ1) is 27.0. The topological polar surface area (TPSA) is 73.8 Å². The van der Waals surface area contributed by atoms with Crippen LogP contribution in [0.3, 0.4) is 0 Å². The molecule has 2 aromatic heterocycles. The van der Waals surface area contributed by atoms with Gasteiger partial charge in [0.2, 0.25) is 0 Å². The minimum atomic E-state index is -0.733. The van der Waals surface area contributed by atoms with Gasteiger partial charge >= 0.3 is 5.97 Å². The summed E-state index contributed by atoms with van der Waals surface area (Å²) in [5, 5.41) is 0.984. The largest absolute Gasteiger partial charge is 0.463 e. The smallest absolute Gasteiger partial charge is 0.338 e. The van der Waals surface area contributed by atoms with E-state index in [1.165, 1.54) is 11.3 Å². The Kier molecular flexibility index (Phi) is 7.49. The fraction of sp³-hybridized carbons (Fsp3) is 0.0938. The molecule has 9 heteroatoms. The molecule has 0 amide bonds. The number of carbonyl (C=O) groups is 1. The van der Waals surface area contributed by atoms with Gasteiger partial charge in [-0.3, -0.25) is 9.36 Å². The van der Waals surface area contributed by atoms with Crippen molar-refractivity contribution in [3.8, 4) is 11.3 Å². The van der Waals surface area contributed by atoms with Crippen LogP contribution in [0.4, 0.5) is 0 Å². The van der Waals surface area contributed by atoms with E-state index in [1.54, 1.807) is 47.9 Å². The lowest BCUT2D eigenvalue weighted by molar-refractivity contribution is -0.138. The van der Waals surface area contributed by atoms with Gasteiger partial charge in [-0.15, -0.1) is 0 Å². The molecule has 41 heavy (non-hydrogen) atoms. The number of rotatable bonds is 6. The van der Waals surface area contributed by atoms with Crippen molar-refractivity contribution in [2.45, 2.75) is 13.0 Å². The highest BCUT2D eigenvalue weighted by atomic mass is 35.5. The maximum atomic E-state index is 14.0. The predicted molar refractivity (Wildman–Crippen MR) is 162 cm³/mol. The molecule has 0 fully saturated rings. The molecule has 1 atom stereocenters. The Hall–Kier alpha value is -4.17. The Labute approximate surface area is 249 Å². The molecule has 0 unspecified atom stereocenters. The second-order valence-corrected chi connectivity index (χ2v) is 11.0. The molecule has 5 aromatic rings. The standard InChI is InChI=1S/C32H22Cl2N2O4S/c1-2-39-31(38)27-28(19-9-5-3-6-10-19)35-32-36(29(27)20-11-7-4-8-12-20)30(37)26(41-32)18-22-14-16-25(40-22)23-15-13-21(33)17-24(23)34/h3-18,29H,2H2,1H3/b26-18-/t29-/m1/s1. The minimum Gasteiger partial charge on any atom is -0.463 e. The Bertz CT molecular complexity index is 1980. The highest BCUT2D eigenvalue weighted by molar-refractivity contribution is 7.07. The summed E-state index contributed by atoms with van der Waals surface area (Å²) in [5.41, 5.74) is 2.70. The first-order chi connectivity index (χ1) is 19.9. The quantitative estimate of drug-likeness (QED) is 0.208. The number of esters is 1. The molecule has 3 heterocycles. The van der Waals surface area contributed by atoms with Crippen LogP contribution >= 0.6 is 34.5 Å². The second kappa shape index (κ2) is 11.4. The van der Waals surface area contributed by atoms with Gasteiger partial charge < -0.3 is 9.15 Å². The molecule has 0 saturated heterocycles. The molecule has 0 radical (unpaired) electrons. The molecule has 204 valence electrons. The third kappa shape index (κ3) is 5.20. The molecular weight excluding hydrogens is 579 g/mol. The molecule has 0 bridgehead atoms. The van der Waals surface area contributed by atoms with Gasteiger partial charge in [0.05, 0.1) is 33.5 Å². The highest BCUT2D eigenvalue weighted by Crippen LogP contribution is 2.35. The van der Waals surface area contributed by atoms with Crippen LogP contribution in [0.1, 0.15) is 29.9 Å². The minimum absolute atomic E-state index is 0.189. The van der Waals surface area contributed by atoms with Gasteiger partial charge in [-0.25, -0.2) is 9.79 Å². The fourth-order valence-electron chi connectivity index (χ4n) is 4.78. The number of furan rings is 1. The zero-order valence-electron chi connectivity index (χ0n) is 21.7. The molecule has 0 N–H and O–H groups in total. The Morgan fingerprint density at radius 3 is 2.46 bits per heavy atom. The number of fused-ring (bicyclic) bond motifs is 1. The third-order valence-corrected chi connectivity index (χ3v) is 8.12. The number of benzene rings is 3. The summed E-state index contributed by atoms with van der Waals surface area (Å²) in [7, 11) is 0. The summed E-state index contributed by atoms with van der Waals surface area (Å²) in [5.74, 6) is 0.498. The van der Waals surface area contributed by atoms with Crippen molar-refractivity contribution in [2.75, 3.05) is 6.61 Å². The van der Waals surface area contributed by atoms with Gasteiger partial charge in [0.15, 0.2) is 4.80 Å². The van der Waals surface area contributed by atoms with E-state index < -0.39 is 12.0 Å². The SMILES string of the molecule is CCOC(=O)C1=C(c2ccccc2)N=c2s/c(=C\c3ccc(-c4ccc(Cl)cc4Cl)o3)c(=O)n2[C@@H]1c1ccccc1. The van der Waals surface area contributed by atoms with E-state index in [4.69, 9.17) is 37.3 Å². The first-order valence-electron chi connectivity index (χ1n) is 12.8. The average molecular weight is 602 g/mol. The van der Waals surface area contributed by atoms with Gasteiger partial charge in [-0.05, 0) is 42.8 Å². The van der Waals surface area contributed by atoms with E-state index >= 15 is 0 Å². The molecule has 0 spiro atoms. The monoisotopic (exact) mass is 600 g/mol. The van der Waals surface area contributed by atoms with Gasteiger partial charge in [0.25, 0.3) is 5.56 Å². The lowest BCUT2D eigenvalue weighted by atomic mass is 9.93.